The van der Waals surface area contributed by atoms with Gasteiger partial charge < -0.3 is 4.74 Å². The molecule has 0 saturated heterocycles. The summed E-state index contributed by atoms with van der Waals surface area (Å²) in [5.41, 5.74) is 4.12. The molecule has 0 atom stereocenters. The van der Waals surface area contributed by atoms with Crippen molar-refractivity contribution in [3.63, 3.8) is 0 Å². The van der Waals surface area contributed by atoms with Gasteiger partial charge in [-0.15, -0.1) is 0 Å². The fraction of sp³-hybridized carbons (Fsp3) is 0. The summed E-state index contributed by atoms with van der Waals surface area (Å²) in [7, 11) is 0. The summed E-state index contributed by atoms with van der Waals surface area (Å²) in [6.07, 6.45) is 7.79. The van der Waals surface area contributed by atoms with Gasteiger partial charge in [-0.2, -0.15) is 0 Å². The number of benzene rings is 2. The fourth-order valence-corrected chi connectivity index (χ4v) is 3.85. The summed E-state index contributed by atoms with van der Waals surface area (Å²) in [6.45, 7) is 0. The summed E-state index contributed by atoms with van der Waals surface area (Å²) < 4.78 is 10.4. The van der Waals surface area contributed by atoms with Gasteiger partial charge >= 0.3 is 0 Å². The number of rotatable bonds is 4. The van der Waals surface area contributed by atoms with Crippen LogP contribution < -0.4 is 4.74 Å². The van der Waals surface area contributed by atoms with Gasteiger partial charge in [-0.25, -0.2) is 9.97 Å². The van der Waals surface area contributed by atoms with Crippen molar-refractivity contribution < 1.29 is 4.74 Å². The molecule has 2 aromatic carbocycles. The maximum Gasteiger partial charge on any atom is 0.144 e. The lowest BCUT2D eigenvalue weighted by Crippen LogP contribution is -1.91. The molecule has 0 radical (unpaired) electrons. The van der Waals surface area contributed by atoms with Crippen molar-refractivity contribution in [3.05, 3.63) is 110 Å². The van der Waals surface area contributed by atoms with Gasteiger partial charge in [0.15, 0.2) is 0 Å². The molecule has 31 heavy (non-hydrogen) atoms. The Morgan fingerprint density at radius 2 is 1.06 bits per heavy atom. The maximum absolute atomic E-state index is 6.21. The second kappa shape index (κ2) is 7.15. The molecule has 0 aliphatic heterocycles. The Morgan fingerprint density at radius 3 is 1.58 bits per heavy atom. The number of hydrogen-bond acceptors (Lipinski definition) is 3. The quantitative estimate of drug-likeness (QED) is 0.357. The van der Waals surface area contributed by atoms with Crippen LogP contribution in [0.15, 0.2) is 110 Å². The predicted molar refractivity (Wildman–Crippen MR) is 121 cm³/mol. The van der Waals surface area contributed by atoms with Gasteiger partial charge in [-0.3, -0.25) is 8.80 Å². The number of nitrogens with zero attached hydrogens (tertiary/aromatic N) is 4. The first-order valence-electron chi connectivity index (χ1n) is 10.1. The minimum absolute atomic E-state index is 0.760. The van der Waals surface area contributed by atoms with Crippen molar-refractivity contribution in [3.8, 4) is 34.3 Å². The van der Waals surface area contributed by atoms with Gasteiger partial charge in [0.05, 0.1) is 23.4 Å². The Balaban J connectivity index is 1.34. The van der Waals surface area contributed by atoms with Gasteiger partial charge in [0, 0.05) is 23.5 Å². The SMILES string of the molecule is c1cc(Oc2cccc(-c3ncc4ccccn34)c2)cc(-c2ncc3ccccn23)c1. The normalized spacial score (nSPS) is 11.2. The van der Waals surface area contributed by atoms with Crippen LogP contribution in [0.1, 0.15) is 0 Å². The topological polar surface area (TPSA) is 43.8 Å². The third-order valence-electron chi connectivity index (χ3n) is 5.30. The van der Waals surface area contributed by atoms with E-state index in [2.05, 4.69) is 18.8 Å². The number of imidazole rings is 2. The van der Waals surface area contributed by atoms with E-state index in [0.717, 1.165) is 45.3 Å². The van der Waals surface area contributed by atoms with Crippen molar-refractivity contribution in [1.82, 2.24) is 18.8 Å². The zero-order chi connectivity index (χ0) is 20.6. The second-order valence-corrected chi connectivity index (χ2v) is 7.31. The van der Waals surface area contributed by atoms with Gasteiger partial charge in [0.2, 0.25) is 0 Å². The van der Waals surface area contributed by atoms with E-state index in [4.69, 9.17) is 4.74 Å². The number of aromatic nitrogens is 4. The van der Waals surface area contributed by atoms with Crippen LogP contribution in [0, 0.1) is 0 Å². The molecule has 0 fully saturated rings. The zero-order valence-corrected chi connectivity index (χ0v) is 16.6. The molecule has 0 unspecified atom stereocenters. The average molecular weight is 402 g/mol. The number of fused-ring (bicyclic) bond motifs is 2. The summed E-state index contributed by atoms with van der Waals surface area (Å²) in [5, 5.41) is 0. The van der Waals surface area contributed by atoms with E-state index in [1.165, 1.54) is 0 Å². The molecule has 6 rings (SSSR count). The third kappa shape index (κ3) is 3.13. The molecule has 5 nitrogen and oxygen atoms in total. The van der Waals surface area contributed by atoms with E-state index in [1.54, 1.807) is 0 Å². The standard InChI is InChI=1S/C26H18N4O/c1-3-13-29-21(9-1)17-27-25(29)19-7-5-11-23(15-19)31-24-12-6-8-20(16-24)26-28-18-22-10-2-4-14-30(22)26/h1-18H. The largest absolute Gasteiger partial charge is 0.457 e. The highest BCUT2D eigenvalue weighted by Crippen LogP contribution is 2.30. The summed E-state index contributed by atoms with van der Waals surface area (Å²) in [5.74, 6) is 3.29. The first kappa shape index (κ1) is 17.5. The smallest absolute Gasteiger partial charge is 0.144 e. The Morgan fingerprint density at radius 1 is 0.548 bits per heavy atom. The Hall–Kier alpha value is -4.38. The minimum Gasteiger partial charge on any atom is -0.457 e. The Labute approximate surface area is 178 Å². The lowest BCUT2D eigenvalue weighted by molar-refractivity contribution is 0.483. The molecule has 0 N–H and O–H groups in total. The van der Waals surface area contributed by atoms with Gasteiger partial charge in [-0.05, 0) is 48.5 Å². The molecule has 0 bridgehead atoms. The van der Waals surface area contributed by atoms with Crippen LogP contribution in [0.3, 0.4) is 0 Å². The lowest BCUT2D eigenvalue weighted by Gasteiger charge is -2.09. The zero-order valence-electron chi connectivity index (χ0n) is 16.6. The number of hydrogen-bond donors (Lipinski definition) is 0. The van der Waals surface area contributed by atoms with Crippen molar-refractivity contribution in [2.75, 3.05) is 0 Å². The van der Waals surface area contributed by atoms with Crippen LogP contribution in [0.2, 0.25) is 0 Å². The number of ether oxygens (including phenoxy) is 1. The van der Waals surface area contributed by atoms with Crippen molar-refractivity contribution in [2.45, 2.75) is 0 Å². The lowest BCUT2D eigenvalue weighted by atomic mass is 10.2. The molecule has 0 saturated carbocycles. The van der Waals surface area contributed by atoms with E-state index >= 15 is 0 Å². The van der Waals surface area contributed by atoms with Gasteiger partial charge in [0.25, 0.3) is 0 Å². The summed E-state index contributed by atoms with van der Waals surface area (Å²) >= 11 is 0. The average Bonchev–Trinajstić information content (AvgIpc) is 3.44. The van der Waals surface area contributed by atoms with Crippen LogP contribution >= 0.6 is 0 Å². The van der Waals surface area contributed by atoms with Gasteiger partial charge in [-0.1, -0.05) is 36.4 Å². The monoisotopic (exact) mass is 402 g/mol. The predicted octanol–water partition coefficient (Wildman–Crippen LogP) is 6.11. The Kier molecular flexibility index (Phi) is 4.03. The minimum atomic E-state index is 0.760. The first-order valence-corrected chi connectivity index (χ1v) is 10.1. The third-order valence-corrected chi connectivity index (χ3v) is 5.30. The van der Waals surface area contributed by atoms with Crippen LogP contribution in [-0.2, 0) is 0 Å². The number of pyridine rings is 2. The molecule has 0 aliphatic rings. The molecule has 4 heterocycles. The van der Waals surface area contributed by atoms with Crippen molar-refractivity contribution in [2.24, 2.45) is 0 Å². The highest BCUT2D eigenvalue weighted by Gasteiger charge is 2.10. The molecule has 4 aromatic heterocycles. The van der Waals surface area contributed by atoms with Crippen molar-refractivity contribution >= 4 is 11.0 Å². The highest BCUT2D eigenvalue weighted by atomic mass is 16.5. The van der Waals surface area contributed by atoms with E-state index in [9.17, 15) is 0 Å². The fourth-order valence-electron chi connectivity index (χ4n) is 3.85. The molecule has 148 valence electrons. The molecule has 6 aromatic rings. The maximum atomic E-state index is 6.21. The second-order valence-electron chi connectivity index (χ2n) is 7.31. The molecule has 5 heteroatoms. The molecular formula is C26H18N4O. The van der Waals surface area contributed by atoms with Crippen molar-refractivity contribution in [1.29, 1.82) is 0 Å². The first-order chi connectivity index (χ1) is 15.3. The van der Waals surface area contributed by atoms with Crippen LogP contribution in [0.5, 0.6) is 11.5 Å². The van der Waals surface area contributed by atoms with E-state index in [0.29, 0.717) is 0 Å². The van der Waals surface area contributed by atoms with E-state index in [1.807, 2.05) is 110 Å². The van der Waals surface area contributed by atoms with Gasteiger partial charge in [0.1, 0.15) is 23.1 Å². The molecule has 0 spiro atoms. The van der Waals surface area contributed by atoms with Crippen LogP contribution in [0.25, 0.3) is 33.8 Å². The molecule has 0 amide bonds. The van der Waals surface area contributed by atoms with Crippen LogP contribution in [-0.4, -0.2) is 18.8 Å². The summed E-state index contributed by atoms with van der Waals surface area (Å²) in [4.78, 5) is 9.17. The van der Waals surface area contributed by atoms with E-state index in [-0.39, 0.29) is 0 Å². The Bertz CT molecular complexity index is 1410. The molecule has 0 aliphatic carbocycles. The van der Waals surface area contributed by atoms with Crippen LogP contribution in [0.4, 0.5) is 0 Å². The summed E-state index contributed by atoms with van der Waals surface area (Å²) in [6, 6.07) is 28.1. The van der Waals surface area contributed by atoms with E-state index < -0.39 is 0 Å². The highest BCUT2D eigenvalue weighted by molar-refractivity contribution is 5.65. The molecular weight excluding hydrogens is 384 g/mol.